The molecule has 3 aromatic carbocycles. The van der Waals surface area contributed by atoms with Crippen LogP contribution >= 0.6 is 0 Å². The fourth-order valence-electron chi connectivity index (χ4n) is 3.92. The van der Waals surface area contributed by atoms with E-state index in [9.17, 15) is 0 Å². The maximum atomic E-state index is 6.28. The van der Waals surface area contributed by atoms with Crippen molar-refractivity contribution in [3.05, 3.63) is 138 Å². The summed E-state index contributed by atoms with van der Waals surface area (Å²) in [5.74, 6) is 2.55. The molecule has 1 heteroatoms. The molecule has 1 aliphatic carbocycles. The van der Waals surface area contributed by atoms with E-state index in [0.29, 0.717) is 5.92 Å². The minimum atomic E-state index is 0.320. The minimum absolute atomic E-state index is 0.320. The Morgan fingerprint density at radius 3 is 2.07 bits per heavy atom. The molecule has 0 atom stereocenters. The molecule has 5 rings (SSSR count). The van der Waals surface area contributed by atoms with Crippen molar-refractivity contribution < 1.29 is 4.42 Å². The fraction of sp³-hybridized carbons (Fsp3) is 0.0741. The molecular formula is C27H21O. The predicted octanol–water partition coefficient (Wildman–Crippen LogP) is 6.86. The Labute approximate surface area is 165 Å². The van der Waals surface area contributed by atoms with Gasteiger partial charge in [0, 0.05) is 23.3 Å². The molecule has 1 radical (unpaired) electrons. The highest BCUT2D eigenvalue weighted by Crippen LogP contribution is 2.37. The lowest BCUT2D eigenvalue weighted by atomic mass is 9.85. The van der Waals surface area contributed by atoms with E-state index in [0.717, 1.165) is 17.8 Å². The molecule has 4 aromatic rings. The Kier molecular flexibility index (Phi) is 4.42. The van der Waals surface area contributed by atoms with Gasteiger partial charge in [-0.3, -0.25) is 0 Å². The number of hydrogen-bond donors (Lipinski definition) is 0. The fourth-order valence-corrected chi connectivity index (χ4v) is 3.92. The maximum absolute atomic E-state index is 6.28. The van der Waals surface area contributed by atoms with Crippen molar-refractivity contribution in [1.29, 1.82) is 0 Å². The molecule has 1 heterocycles. The zero-order valence-electron chi connectivity index (χ0n) is 15.6. The van der Waals surface area contributed by atoms with Crippen LogP contribution in [-0.2, 0) is 6.42 Å². The molecule has 0 fully saturated rings. The molecule has 1 aliphatic rings. The summed E-state index contributed by atoms with van der Waals surface area (Å²) in [5.41, 5.74) is 4.73. The first-order valence-electron chi connectivity index (χ1n) is 9.71. The van der Waals surface area contributed by atoms with Gasteiger partial charge >= 0.3 is 0 Å². The Hall–Kier alpha value is -3.32. The molecule has 0 spiro atoms. The third kappa shape index (κ3) is 3.20. The lowest BCUT2D eigenvalue weighted by Crippen LogP contribution is -2.03. The van der Waals surface area contributed by atoms with E-state index in [2.05, 4.69) is 97.1 Å². The smallest absolute Gasteiger partial charge is 0.134 e. The van der Waals surface area contributed by atoms with E-state index < -0.39 is 0 Å². The number of furan rings is 1. The van der Waals surface area contributed by atoms with Gasteiger partial charge in [-0.05, 0) is 17.2 Å². The molecule has 28 heavy (non-hydrogen) atoms. The van der Waals surface area contributed by atoms with Crippen molar-refractivity contribution in [2.24, 2.45) is 0 Å². The monoisotopic (exact) mass is 361 g/mol. The Morgan fingerprint density at radius 2 is 1.32 bits per heavy atom. The van der Waals surface area contributed by atoms with Crippen molar-refractivity contribution >= 4 is 11.0 Å². The van der Waals surface area contributed by atoms with E-state index in [1.54, 1.807) is 0 Å². The summed E-state index contributed by atoms with van der Waals surface area (Å²) in [6, 6.07) is 29.4. The van der Waals surface area contributed by atoms with Crippen LogP contribution in [0.1, 0.15) is 28.4 Å². The molecule has 0 unspecified atom stereocenters. The third-order valence-corrected chi connectivity index (χ3v) is 5.32. The van der Waals surface area contributed by atoms with Crippen LogP contribution in [0.5, 0.6) is 0 Å². The van der Waals surface area contributed by atoms with Gasteiger partial charge in [-0.2, -0.15) is 0 Å². The number of allylic oxidation sites excluding steroid dienone is 4. The van der Waals surface area contributed by atoms with E-state index in [4.69, 9.17) is 4.42 Å². The number of benzene rings is 3. The molecule has 0 amide bonds. The van der Waals surface area contributed by atoms with Gasteiger partial charge in [0.2, 0.25) is 0 Å². The Balaban J connectivity index is 1.52. The highest BCUT2D eigenvalue weighted by molar-refractivity contribution is 5.86. The topological polar surface area (TPSA) is 13.1 Å². The normalized spacial score (nSPS) is 14.7. The SMILES string of the molecule is C1=CC(c2ccccc2)C=C[C]1c1c(Cc2ccccc2)oc2ccccc12. The van der Waals surface area contributed by atoms with Gasteiger partial charge in [0.15, 0.2) is 0 Å². The molecule has 135 valence electrons. The van der Waals surface area contributed by atoms with E-state index in [1.165, 1.54) is 28.0 Å². The van der Waals surface area contributed by atoms with Crippen LogP contribution in [0.2, 0.25) is 0 Å². The van der Waals surface area contributed by atoms with Crippen LogP contribution < -0.4 is 0 Å². The minimum Gasteiger partial charge on any atom is -0.460 e. The quantitative estimate of drug-likeness (QED) is 0.387. The predicted molar refractivity (Wildman–Crippen MR) is 115 cm³/mol. The van der Waals surface area contributed by atoms with Crippen LogP contribution in [0.3, 0.4) is 0 Å². The highest BCUT2D eigenvalue weighted by Gasteiger charge is 2.22. The lowest BCUT2D eigenvalue weighted by molar-refractivity contribution is 0.559. The van der Waals surface area contributed by atoms with Crippen molar-refractivity contribution in [3.8, 4) is 0 Å². The largest absolute Gasteiger partial charge is 0.460 e. The average molecular weight is 361 g/mol. The van der Waals surface area contributed by atoms with Crippen molar-refractivity contribution in [2.75, 3.05) is 0 Å². The number of hydrogen-bond acceptors (Lipinski definition) is 1. The summed E-state index contributed by atoms with van der Waals surface area (Å²) < 4.78 is 6.28. The van der Waals surface area contributed by atoms with Gasteiger partial charge in [-0.15, -0.1) is 0 Å². The van der Waals surface area contributed by atoms with Gasteiger partial charge in [0.1, 0.15) is 11.3 Å². The molecule has 0 saturated heterocycles. The van der Waals surface area contributed by atoms with Gasteiger partial charge in [-0.1, -0.05) is 103 Å². The maximum Gasteiger partial charge on any atom is 0.134 e. The third-order valence-electron chi connectivity index (χ3n) is 5.32. The van der Waals surface area contributed by atoms with Crippen molar-refractivity contribution in [1.82, 2.24) is 0 Å². The molecule has 1 aromatic heterocycles. The zero-order valence-corrected chi connectivity index (χ0v) is 15.6. The van der Waals surface area contributed by atoms with Crippen molar-refractivity contribution in [3.63, 3.8) is 0 Å². The standard InChI is InChI=1S/C27H21O/c1-3-9-20(10-4-1)19-26-27(24-13-7-8-14-25(24)28-26)23-17-15-22(16-18-23)21-11-5-2-6-12-21/h1-18,22H,19H2. The second-order valence-electron chi connectivity index (χ2n) is 7.17. The second-order valence-corrected chi connectivity index (χ2v) is 7.17. The van der Waals surface area contributed by atoms with E-state index in [1.807, 2.05) is 12.1 Å². The van der Waals surface area contributed by atoms with Crippen molar-refractivity contribution in [2.45, 2.75) is 12.3 Å². The summed E-state index contributed by atoms with van der Waals surface area (Å²) in [7, 11) is 0. The van der Waals surface area contributed by atoms with Crippen LogP contribution in [0.25, 0.3) is 11.0 Å². The molecule has 1 nitrogen and oxygen atoms in total. The lowest BCUT2D eigenvalue weighted by Gasteiger charge is -2.17. The van der Waals surface area contributed by atoms with Crippen LogP contribution in [0.4, 0.5) is 0 Å². The average Bonchev–Trinajstić information content (AvgIpc) is 3.13. The first-order valence-corrected chi connectivity index (χ1v) is 9.71. The van der Waals surface area contributed by atoms with Gasteiger partial charge in [0.25, 0.3) is 0 Å². The van der Waals surface area contributed by atoms with Crippen LogP contribution in [0, 0.1) is 5.92 Å². The first kappa shape index (κ1) is 16.8. The summed E-state index contributed by atoms with van der Waals surface area (Å²) in [6.45, 7) is 0. The molecule has 0 N–H and O–H groups in total. The number of para-hydroxylation sites is 1. The molecular weight excluding hydrogens is 340 g/mol. The van der Waals surface area contributed by atoms with E-state index >= 15 is 0 Å². The molecule has 0 saturated carbocycles. The van der Waals surface area contributed by atoms with Gasteiger partial charge < -0.3 is 4.42 Å². The molecule has 0 bridgehead atoms. The van der Waals surface area contributed by atoms with Crippen LogP contribution in [0.15, 0.2) is 114 Å². The Bertz CT molecular complexity index is 1120. The first-order chi connectivity index (χ1) is 13.9. The molecule has 0 aliphatic heterocycles. The summed E-state index contributed by atoms with van der Waals surface area (Å²) >= 11 is 0. The number of rotatable bonds is 4. The summed E-state index contributed by atoms with van der Waals surface area (Å²) in [6.07, 6.45) is 9.82. The van der Waals surface area contributed by atoms with E-state index in [-0.39, 0.29) is 0 Å². The highest BCUT2D eigenvalue weighted by atomic mass is 16.3. The Morgan fingerprint density at radius 1 is 0.679 bits per heavy atom. The van der Waals surface area contributed by atoms with Crippen LogP contribution in [-0.4, -0.2) is 0 Å². The number of fused-ring (bicyclic) bond motifs is 1. The zero-order chi connectivity index (χ0) is 18.8. The van der Waals surface area contributed by atoms with Gasteiger partial charge in [0.05, 0.1) is 5.92 Å². The summed E-state index contributed by atoms with van der Waals surface area (Å²) in [4.78, 5) is 0. The van der Waals surface area contributed by atoms with Gasteiger partial charge in [-0.25, -0.2) is 0 Å². The second kappa shape index (κ2) is 7.36. The summed E-state index contributed by atoms with van der Waals surface area (Å²) in [5, 5.41) is 1.18.